The first kappa shape index (κ1) is 22.5. The van der Waals surface area contributed by atoms with E-state index in [9.17, 15) is 15.0 Å². The van der Waals surface area contributed by atoms with Gasteiger partial charge in [-0.25, -0.2) is 0 Å². The molecule has 0 amide bonds. The smallest absolute Gasteiger partial charge is 0.174 e. The van der Waals surface area contributed by atoms with E-state index in [-0.39, 0.29) is 35.0 Å². The van der Waals surface area contributed by atoms with Crippen molar-refractivity contribution in [1.29, 1.82) is 0 Å². The molecule has 0 aromatic heterocycles. The van der Waals surface area contributed by atoms with Gasteiger partial charge in [-0.1, -0.05) is 29.4 Å². The van der Waals surface area contributed by atoms with Gasteiger partial charge in [0.2, 0.25) is 0 Å². The normalized spacial score (nSPS) is 15.0. The molecule has 0 aliphatic carbocycles. The number of carbonyl (C=O) groups is 1. The number of carbonyl (C=O) groups excluding carboxylic acids is 1. The SMILES string of the molecule is COc1ccc([C@H]2CC(=O)c3c(O)cc(O)c(CC=C(C)C)c3O2)cc1CC=C(C)C. The van der Waals surface area contributed by atoms with Crippen LogP contribution in [-0.4, -0.2) is 23.1 Å². The second-order valence-corrected chi connectivity index (χ2v) is 8.37. The first-order chi connectivity index (χ1) is 14.7. The molecule has 2 N–H and O–H groups in total. The van der Waals surface area contributed by atoms with Crippen molar-refractivity contribution in [3.05, 3.63) is 69.8 Å². The highest BCUT2D eigenvalue weighted by molar-refractivity contribution is 6.03. The van der Waals surface area contributed by atoms with Crippen molar-refractivity contribution in [2.75, 3.05) is 7.11 Å². The highest BCUT2D eigenvalue weighted by Crippen LogP contribution is 2.45. The Labute approximate surface area is 183 Å². The number of allylic oxidation sites excluding steroid dienone is 4. The van der Waals surface area contributed by atoms with Crippen molar-refractivity contribution in [2.24, 2.45) is 0 Å². The first-order valence-corrected chi connectivity index (χ1v) is 10.4. The lowest BCUT2D eigenvalue weighted by Crippen LogP contribution is -2.22. The summed E-state index contributed by atoms with van der Waals surface area (Å²) in [6, 6.07) is 7.00. The van der Waals surface area contributed by atoms with Gasteiger partial charge >= 0.3 is 0 Å². The minimum Gasteiger partial charge on any atom is -0.507 e. The van der Waals surface area contributed by atoms with Gasteiger partial charge in [0.1, 0.15) is 34.7 Å². The zero-order valence-corrected chi connectivity index (χ0v) is 18.8. The quantitative estimate of drug-likeness (QED) is 0.573. The van der Waals surface area contributed by atoms with Gasteiger partial charge in [0.25, 0.3) is 0 Å². The number of phenolic OH excluding ortho intramolecular Hbond substituents is 2. The van der Waals surface area contributed by atoms with Crippen molar-refractivity contribution in [2.45, 2.75) is 53.1 Å². The predicted octanol–water partition coefficient (Wildman–Crippen LogP) is 5.83. The van der Waals surface area contributed by atoms with Crippen LogP contribution in [-0.2, 0) is 12.8 Å². The van der Waals surface area contributed by atoms with Gasteiger partial charge in [-0.05, 0) is 63.8 Å². The highest BCUT2D eigenvalue weighted by Gasteiger charge is 2.33. The number of phenols is 2. The fraction of sp³-hybridized carbons (Fsp3) is 0.346. The standard InChI is InChI=1S/C26H30O5/c1-15(2)6-8-17-12-18(9-11-23(17)30-5)24-14-22(29)25-21(28)13-20(27)19(26(25)31-24)10-7-16(3)4/h6-7,9,11-13,24,27-28H,8,10,14H2,1-5H3/t24-/m1/s1. The second kappa shape index (κ2) is 9.29. The minimum absolute atomic E-state index is 0.0822. The Hall–Kier alpha value is -3.21. The van der Waals surface area contributed by atoms with Crippen LogP contribution in [0.4, 0.5) is 0 Å². The monoisotopic (exact) mass is 422 g/mol. The molecular weight excluding hydrogens is 392 g/mol. The average Bonchev–Trinajstić information content (AvgIpc) is 2.70. The molecule has 0 radical (unpaired) electrons. The van der Waals surface area contributed by atoms with E-state index >= 15 is 0 Å². The maximum absolute atomic E-state index is 12.9. The molecule has 164 valence electrons. The Morgan fingerprint density at radius 3 is 2.39 bits per heavy atom. The van der Waals surface area contributed by atoms with Crippen molar-refractivity contribution in [3.8, 4) is 23.0 Å². The third-order valence-corrected chi connectivity index (χ3v) is 5.37. The van der Waals surface area contributed by atoms with E-state index in [1.165, 1.54) is 11.6 Å². The van der Waals surface area contributed by atoms with Crippen molar-refractivity contribution in [3.63, 3.8) is 0 Å². The van der Waals surface area contributed by atoms with E-state index in [0.29, 0.717) is 18.4 Å². The molecule has 0 saturated heterocycles. The van der Waals surface area contributed by atoms with E-state index in [1.807, 2.05) is 52.0 Å². The Bertz CT molecular complexity index is 1050. The van der Waals surface area contributed by atoms with Gasteiger partial charge in [0.05, 0.1) is 13.5 Å². The van der Waals surface area contributed by atoms with E-state index in [2.05, 4.69) is 6.08 Å². The summed E-state index contributed by atoms with van der Waals surface area (Å²) in [6.45, 7) is 8.01. The van der Waals surface area contributed by atoms with Crippen LogP contribution in [0.3, 0.4) is 0 Å². The van der Waals surface area contributed by atoms with E-state index in [1.54, 1.807) is 7.11 Å². The first-order valence-electron chi connectivity index (χ1n) is 10.4. The summed E-state index contributed by atoms with van der Waals surface area (Å²) < 4.78 is 11.7. The molecule has 5 heteroatoms. The van der Waals surface area contributed by atoms with Crippen molar-refractivity contribution < 1.29 is 24.5 Å². The molecule has 1 aliphatic heterocycles. The molecule has 1 atom stereocenters. The summed E-state index contributed by atoms with van der Waals surface area (Å²) in [5.41, 5.74) is 4.80. The van der Waals surface area contributed by atoms with E-state index in [4.69, 9.17) is 9.47 Å². The molecule has 31 heavy (non-hydrogen) atoms. The van der Waals surface area contributed by atoms with Crippen LogP contribution in [0.1, 0.15) is 67.3 Å². The number of Topliss-reactive ketones (excluding diaryl/α,β-unsaturated/α-hetero) is 1. The van der Waals surface area contributed by atoms with Gasteiger partial charge in [0.15, 0.2) is 5.78 Å². The maximum Gasteiger partial charge on any atom is 0.174 e. The third kappa shape index (κ3) is 4.93. The molecule has 5 nitrogen and oxygen atoms in total. The molecule has 2 aromatic carbocycles. The Kier molecular flexibility index (Phi) is 6.74. The van der Waals surface area contributed by atoms with Crippen LogP contribution in [0.15, 0.2) is 47.6 Å². The summed E-state index contributed by atoms with van der Waals surface area (Å²) in [4.78, 5) is 12.9. The number of hydrogen-bond acceptors (Lipinski definition) is 5. The number of ketones is 1. The molecule has 0 spiro atoms. The predicted molar refractivity (Wildman–Crippen MR) is 121 cm³/mol. The molecule has 0 unspecified atom stereocenters. The van der Waals surface area contributed by atoms with Crippen LogP contribution >= 0.6 is 0 Å². The molecule has 1 heterocycles. The average molecular weight is 423 g/mol. The summed E-state index contributed by atoms with van der Waals surface area (Å²) in [6.07, 6.45) is 4.80. The van der Waals surface area contributed by atoms with Crippen LogP contribution in [0.25, 0.3) is 0 Å². The number of rotatable bonds is 6. The van der Waals surface area contributed by atoms with Crippen LogP contribution in [0.5, 0.6) is 23.0 Å². The van der Waals surface area contributed by atoms with Crippen molar-refractivity contribution >= 4 is 5.78 Å². The molecule has 0 fully saturated rings. The van der Waals surface area contributed by atoms with E-state index in [0.717, 1.165) is 22.4 Å². The second-order valence-electron chi connectivity index (χ2n) is 8.37. The van der Waals surface area contributed by atoms with Crippen molar-refractivity contribution in [1.82, 2.24) is 0 Å². The number of hydrogen-bond donors (Lipinski definition) is 2. The maximum atomic E-state index is 12.9. The third-order valence-electron chi connectivity index (χ3n) is 5.37. The minimum atomic E-state index is -0.511. The summed E-state index contributed by atoms with van der Waals surface area (Å²) >= 11 is 0. The van der Waals surface area contributed by atoms with Crippen LogP contribution in [0.2, 0.25) is 0 Å². The Balaban J connectivity index is 2.04. The molecule has 2 aromatic rings. The number of ether oxygens (including phenoxy) is 2. The number of methoxy groups -OCH3 is 1. The molecule has 3 rings (SSSR count). The Morgan fingerprint density at radius 1 is 1.06 bits per heavy atom. The zero-order valence-electron chi connectivity index (χ0n) is 18.8. The largest absolute Gasteiger partial charge is 0.507 e. The summed E-state index contributed by atoms with van der Waals surface area (Å²) in [5, 5.41) is 20.7. The van der Waals surface area contributed by atoms with Gasteiger partial charge in [-0.15, -0.1) is 0 Å². The fourth-order valence-electron chi connectivity index (χ4n) is 3.69. The molecule has 0 saturated carbocycles. The van der Waals surface area contributed by atoms with Gasteiger partial charge in [-0.2, -0.15) is 0 Å². The highest BCUT2D eigenvalue weighted by atomic mass is 16.5. The van der Waals surface area contributed by atoms with Crippen LogP contribution < -0.4 is 9.47 Å². The van der Waals surface area contributed by atoms with E-state index < -0.39 is 6.10 Å². The lowest BCUT2D eigenvalue weighted by atomic mass is 9.91. The van der Waals surface area contributed by atoms with Gasteiger partial charge in [0, 0.05) is 11.6 Å². The molecule has 0 bridgehead atoms. The van der Waals surface area contributed by atoms with Gasteiger partial charge in [-0.3, -0.25) is 4.79 Å². The Morgan fingerprint density at radius 2 is 1.74 bits per heavy atom. The van der Waals surface area contributed by atoms with Crippen LogP contribution in [0, 0.1) is 0 Å². The summed E-state index contributed by atoms with van der Waals surface area (Å²) in [5.74, 6) is 0.502. The van der Waals surface area contributed by atoms with Gasteiger partial charge < -0.3 is 19.7 Å². The number of benzene rings is 2. The molecular formula is C26H30O5. The number of fused-ring (bicyclic) bond motifs is 1. The fourth-order valence-corrected chi connectivity index (χ4v) is 3.69. The lowest BCUT2D eigenvalue weighted by Gasteiger charge is -2.28. The summed E-state index contributed by atoms with van der Waals surface area (Å²) in [7, 11) is 1.64. The topological polar surface area (TPSA) is 76.0 Å². The zero-order chi connectivity index (χ0) is 22.7. The molecule has 1 aliphatic rings. The number of aromatic hydroxyl groups is 2. The lowest BCUT2D eigenvalue weighted by molar-refractivity contribution is 0.0842.